The molecule has 0 unspecified atom stereocenters. The zero-order valence-electron chi connectivity index (χ0n) is 24.7. The van der Waals surface area contributed by atoms with Crippen molar-refractivity contribution < 1.29 is 36.6 Å². The number of carbonyl (C=O) groups is 2. The van der Waals surface area contributed by atoms with Crippen molar-refractivity contribution >= 4 is 27.5 Å². The molecule has 0 bridgehead atoms. The number of halogens is 1. The van der Waals surface area contributed by atoms with E-state index in [0.29, 0.717) is 32.1 Å². The number of carbonyl (C=O) groups excluding carboxylic acids is 2. The second-order valence-corrected chi connectivity index (χ2v) is 11.8. The Labute approximate surface area is 256 Å². The second-order valence-electron chi connectivity index (χ2n) is 10.2. The van der Waals surface area contributed by atoms with Crippen LogP contribution in [0.3, 0.4) is 0 Å². The van der Waals surface area contributed by atoms with Crippen LogP contribution in [-0.2, 0) is 30.9 Å². The van der Waals surface area contributed by atoms with Gasteiger partial charge in [0.1, 0.15) is 23.4 Å². The predicted octanol–water partition coefficient (Wildman–Crippen LogP) is 2.88. The Balaban J connectivity index is 1.38. The molecule has 0 aliphatic carbocycles. The van der Waals surface area contributed by atoms with Gasteiger partial charge in [-0.2, -0.15) is 0 Å². The van der Waals surface area contributed by atoms with Gasteiger partial charge < -0.3 is 24.4 Å². The number of nitrogens with one attached hydrogen (secondary N) is 2. The molecule has 1 atom stereocenters. The molecule has 1 fully saturated rings. The van der Waals surface area contributed by atoms with Gasteiger partial charge in [-0.3, -0.25) is 19.2 Å². The number of anilines is 1. The first kappa shape index (κ1) is 32.7. The van der Waals surface area contributed by atoms with Gasteiger partial charge in [-0.15, -0.1) is 0 Å². The van der Waals surface area contributed by atoms with Gasteiger partial charge in [-0.05, 0) is 73.2 Å². The highest BCUT2D eigenvalue weighted by Crippen LogP contribution is 2.20. The fraction of sp³-hybridized carbons (Fsp3) is 0.355. The number of nitrogens with zero attached hydrogens (tertiary/aromatic N) is 2. The Kier molecular flexibility index (Phi) is 11.5. The normalized spacial score (nSPS) is 14.3. The lowest BCUT2D eigenvalue weighted by Gasteiger charge is -2.30. The largest absolute Gasteiger partial charge is 0.497 e. The number of sulfonamides is 1. The minimum Gasteiger partial charge on any atom is -0.497 e. The Bertz CT molecular complexity index is 1480. The Morgan fingerprint density at radius 1 is 0.977 bits per heavy atom. The molecular formula is C31H37FN4O7S. The minimum atomic E-state index is -3.93. The SMILES string of the molecule is COc1ccc(CN(C(=O)COc2ccc(S(=O)(=O)Nc3ccc(F)cc3)cc2)[C@H](C)C(=O)NCCN2CCOCC2)cc1. The predicted molar refractivity (Wildman–Crippen MR) is 162 cm³/mol. The summed E-state index contributed by atoms with van der Waals surface area (Å²) < 4.78 is 57.2. The summed E-state index contributed by atoms with van der Waals surface area (Å²) in [5.41, 5.74) is 1.02. The van der Waals surface area contributed by atoms with E-state index in [1.54, 1.807) is 26.2 Å². The third kappa shape index (κ3) is 9.40. The van der Waals surface area contributed by atoms with Crippen LogP contribution in [0.4, 0.5) is 10.1 Å². The number of hydrogen-bond donors (Lipinski definition) is 2. The summed E-state index contributed by atoms with van der Waals surface area (Å²) in [6, 6.07) is 16.9. The molecule has 11 nitrogen and oxygen atoms in total. The maximum absolute atomic E-state index is 13.4. The fourth-order valence-corrected chi connectivity index (χ4v) is 5.55. The molecule has 1 aliphatic rings. The van der Waals surface area contributed by atoms with Crippen LogP contribution >= 0.6 is 0 Å². The lowest BCUT2D eigenvalue weighted by Crippen LogP contribution is -2.50. The van der Waals surface area contributed by atoms with Crippen LogP contribution in [0.15, 0.2) is 77.7 Å². The van der Waals surface area contributed by atoms with Crippen molar-refractivity contribution in [2.75, 3.05) is 57.8 Å². The molecule has 0 radical (unpaired) electrons. The monoisotopic (exact) mass is 628 g/mol. The highest BCUT2D eigenvalue weighted by Gasteiger charge is 2.27. The summed E-state index contributed by atoms with van der Waals surface area (Å²) in [5.74, 6) is -0.256. The third-order valence-electron chi connectivity index (χ3n) is 7.10. The molecule has 1 aliphatic heterocycles. The van der Waals surface area contributed by atoms with Gasteiger partial charge in [-0.25, -0.2) is 12.8 Å². The van der Waals surface area contributed by atoms with E-state index < -0.39 is 27.8 Å². The number of hydrogen-bond acceptors (Lipinski definition) is 8. The first-order valence-electron chi connectivity index (χ1n) is 14.2. The topological polar surface area (TPSA) is 127 Å². The zero-order valence-corrected chi connectivity index (χ0v) is 25.5. The molecule has 2 amide bonds. The van der Waals surface area contributed by atoms with Gasteiger partial charge in [0.2, 0.25) is 5.91 Å². The average Bonchev–Trinajstić information content (AvgIpc) is 3.04. The van der Waals surface area contributed by atoms with Crippen molar-refractivity contribution in [3.8, 4) is 11.5 Å². The van der Waals surface area contributed by atoms with Crippen LogP contribution in [0.25, 0.3) is 0 Å². The molecule has 2 N–H and O–H groups in total. The smallest absolute Gasteiger partial charge is 0.261 e. The molecule has 3 aromatic rings. The highest BCUT2D eigenvalue weighted by atomic mass is 32.2. The minimum absolute atomic E-state index is 0.0380. The van der Waals surface area contributed by atoms with E-state index in [2.05, 4.69) is 14.9 Å². The fourth-order valence-electron chi connectivity index (χ4n) is 4.49. The molecule has 236 valence electrons. The lowest BCUT2D eigenvalue weighted by molar-refractivity contribution is -0.142. The maximum Gasteiger partial charge on any atom is 0.261 e. The molecule has 0 saturated carbocycles. The Hall–Kier alpha value is -4.20. The molecule has 1 heterocycles. The quantitative estimate of drug-likeness (QED) is 0.279. The molecule has 3 aromatic carbocycles. The van der Waals surface area contributed by atoms with Crippen molar-refractivity contribution in [1.82, 2.24) is 15.1 Å². The number of benzene rings is 3. The van der Waals surface area contributed by atoms with Crippen LogP contribution in [0.2, 0.25) is 0 Å². The third-order valence-corrected chi connectivity index (χ3v) is 8.50. The number of amides is 2. The van der Waals surface area contributed by atoms with Crippen LogP contribution in [0, 0.1) is 5.82 Å². The van der Waals surface area contributed by atoms with Crippen molar-refractivity contribution in [2.45, 2.75) is 24.4 Å². The van der Waals surface area contributed by atoms with E-state index in [1.807, 2.05) is 12.1 Å². The van der Waals surface area contributed by atoms with Crippen LogP contribution in [0.1, 0.15) is 12.5 Å². The summed E-state index contributed by atoms with van der Waals surface area (Å²) >= 11 is 0. The summed E-state index contributed by atoms with van der Waals surface area (Å²) in [5, 5.41) is 2.93. The highest BCUT2D eigenvalue weighted by molar-refractivity contribution is 7.92. The van der Waals surface area contributed by atoms with Crippen molar-refractivity contribution in [1.29, 1.82) is 0 Å². The van der Waals surface area contributed by atoms with Gasteiger partial charge in [0.15, 0.2) is 6.61 Å². The van der Waals surface area contributed by atoms with Gasteiger partial charge in [0.05, 0.1) is 25.2 Å². The first-order chi connectivity index (χ1) is 21.1. The molecule has 1 saturated heterocycles. The second kappa shape index (κ2) is 15.5. The van der Waals surface area contributed by atoms with E-state index in [4.69, 9.17) is 14.2 Å². The van der Waals surface area contributed by atoms with Crippen LogP contribution in [-0.4, -0.2) is 89.2 Å². The van der Waals surface area contributed by atoms with Gasteiger partial charge >= 0.3 is 0 Å². The van der Waals surface area contributed by atoms with E-state index in [0.717, 1.165) is 30.8 Å². The van der Waals surface area contributed by atoms with Crippen LogP contribution < -0.4 is 19.5 Å². The Morgan fingerprint density at radius 2 is 1.61 bits per heavy atom. The molecule has 0 aromatic heterocycles. The van der Waals surface area contributed by atoms with E-state index in [1.165, 1.54) is 41.3 Å². The number of methoxy groups -OCH3 is 1. The molecule has 0 spiro atoms. The van der Waals surface area contributed by atoms with Crippen molar-refractivity contribution in [3.63, 3.8) is 0 Å². The van der Waals surface area contributed by atoms with Gasteiger partial charge in [0.25, 0.3) is 15.9 Å². The summed E-state index contributed by atoms with van der Waals surface area (Å²) in [6.07, 6.45) is 0. The van der Waals surface area contributed by atoms with E-state index in [-0.39, 0.29) is 35.4 Å². The van der Waals surface area contributed by atoms with Crippen molar-refractivity contribution in [3.05, 3.63) is 84.2 Å². The molecular weight excluding hydrogens is 591 g/mol. The van der Waals surface area contributed by atoms with E-state index in [9.17, 15) is 22.4 Å². The molecule has 13 heteroatoms. The average molecular weight is 629 g/mol. The zero-order chi connectivity index (χ0) is 31.5. The maximum atomic E-state index is 13.4. The van der Waals surface area contributed by atoms with Gasteiger partial charge in [-0.1, -0.05) is 12.1 Å². The van der Waals surface area contributed by atoms with Crippen molar-refractivity contribution in [2.24, 2.45) is 0 Å². The molecule has 4 rings (SSSR count). The number of morpholine rings is 1. The summed E-state index contributed by atoms with van der Waals surface area (Å²) in [4.78, 5) is 30.1. The lowest BCUT2D eigenvalue weighted by atomic mass is 10.1. The van der Waals surface area contributed by atoms with Gasteiger partial charge in [0, 0.05) is 38.4 Å². The molecule has 44 heavy (non-hydrogen) atoms. The summed E-state index contributed by atoms with van der Waals surface area (Å²) in [7, 11) is -2.36. The van der Waals surface area contributed by atoms with Crippen LogP contribution in [0.5, 0.6) is 11.5 Å². The number of ether oxygens (including phenoxy) is 3. The van der Waals surface area contributed by atoms with E-state index >= 15 is 0 Å². The number of rotatable bonds is 14. The Morgan fingerprint density at radius 3 is 2.25 bits per heavy atom. The standard InChI is InChI=1S/C31H37FN4O7S/c1-23(31(38)33-15-16-35-17-19-42-20-18-35)36(21-24-3-9-27(41-2)10-4-24)30(37)22-43-28-11-13-29(14-12-28)44(39,40)34-26-7-5-25(32)6-8-26/h3-14,23,34H,15-22H2,1-2H3,(H,33,38)/t23-/m1/s1. The first-order valence-corrected chi connectivity index (χ1v) is 15.6. The summed E-state index contributed by atoms with van der Waals surface area (Å²) in [6.45, 7) is 5.53.